The van der Waals surface area contributed by atoms with Crippen LogP contribution in [0.3, 0.4) is 0 Å². The van der Waals surface area contributed by atoms with E-state index < -0.39 is 11.9 Å². The second kappa shape index (κ2) is 11.0. The molecule has 0 aromatic heterocycles. The van der Waals surface area contributed by atoms with Crippen LogP contribution in [0.5, 0.6) is 5.75 Å². The highest BCUT2D eigenvalue weighted by atomic mass is 19.1. The molecule has 1 fully saturated rings. The van der Waals surface area contributed by atoms with E-state index >= 15 is 0 Å². The highest BCUT2D eigenvalue weighted by Crippen LogP contribution is 2.49. The topological polar surface area (TPSA) is 131 Å². The normalized spacial score (nSPS) is 19.3. The molecule has 5 rings (SSSR count). The zero-order chi connectivity index (χ0) is 27.6. The van der Waals surface area contributed by atoms with Crippen LogP contribution in [0.2, 0.25) is 0 Å². The molecule has 3 aliphatic heterocycles. The summed E-state index contributed by atoms with van der Waals surface area (Å²) in [6, 6.07) is 9.08. The number of halogens is 1. The molecule has 10 heteroatoms. The van der Waals surface area contributed by atoms with Gasteiger partial charge in [0, 0.05) is 41.3 Å². The molecule has 0 radical (unpaired) electrons. The average Bonchev–Trinajstić information content (AvgIpc) is 3.46. The third-order valence-corrected chi connectivity index (χ3v) is 8.03. The number of nitrogens with two attached hydrogens (primary N) is 2. The van der Waals surface area contributed by atoms with Gasteiger partial charge in [0.2, 0.25) is 5.91 Å². The molecule has 204 valence electrons. The number of nitrogens with zero attached hydrogens (tertiary/aromatic N) is 3. The number of aliphatic imine (C=N–C) groups is 1. The van der Waals surface area contributed by atoms with Crippen LogP contribution in [0, 0.1) is 5.82 Å². The first kappa shape index (κ1) is 26.6. The van der Waals surface area contributed by atoms with Gasteiger partial charge in [-0.3, -0.25) is 19.5 Å². The molecule has 9 nitrogen and oxygen atoms in total. The molecule has 1 unspecified atom stereocenters. The van der Waals surface area contributed by atoms with Crippen molar-refractivity contribution in [1.82, 2.24) is 9.80 Å². The number of hydrogen-bond acceptors (Lipinski definition) is 7. The number of hydrogen-bond donors (Lipinski definition) is 2. The Morgan fingerprint density at radius 3 is 2.72 bits per heavy atom. The zero-order valence-electron chi connectivity index (χ0n) is 21.6. The summed E-state index contributed by atoms with van der Waals surface area (Å²) in [5, 5.41) is 0. The fourth-order valence-corrected chi connectivity index (χ4v) is 5.84. The van der Waals surface area contributed by atoms with Crippen molar-refractivity contribution in [2.24, 2.45) is 16.5 Å². The highest BCUT2D eigenvalue weighted by Gasteiger charge is 2.46. The number of piperidine rings is 1. The molecule has 0 aliphatic carbocycles. The predicted octanol–water partition coefficient (Wildman–Crippen LogP) is 2.59. The van der Waals surface area contributed by atoms with Crippen molar-refractivity contribution >= 4 is 30.0 Å². The fourth-order valence-electron chi connectivity index (χ4n) is 5.84. The third-order valence-electron chi connectivity index (χ3n) is 8.03. The lowest BCUT2D eigenvalue weighted by atomic mass is 9.74. The Morgan fingerprint density at radius 1 is 1.23 bits per heavy atom. The predicted molar refractivity (Wildman–Crippen MR) is 144 cm³/mol. The van der Waals surface area contributed by atoms with Crippen LogP contribution in [0.4, 0.5) is 10.1 Å². The van der Waals surface area contributed by atoms with Crippen LogP contribution >= 0.6 is 0 Å². The number of primary amides is 1. The first-order valence-electron chi connectivity index (χ1n) is 13.1. The summed E-state index contributed by atoms with van der Waals surface area (Å²) >= 11 is 0. The number of amides is 2. The number of likely N-dealkylation sites (tertiary alicyclic amines) is 1. The Bertz CT molecular complexity index is 1350. The number of benzene rings is 2. The summed E-state index contributed by atoms with van der Waals surface area (Å²) in [7, 11) is 0. The van der Waals surface area contributed by atoms with Gasteiger partial charge in [-0.15, -0.1) is 0 Å². The van der Waals surface area contributed by atoms with Gasteiger partial charge in [-0.25, -0.2) is 4.39 Å². The molecule has 0 bridgehead atoms. The Kier molecular flexibility index (Phi) is 7.47. The minimum atomic E-state index is -0.835. The molecule has 39 heavy (non-hydrogen) atoms. The molecule has 1 atom stereocenters. The first-order chi connectivity index (χ1) is 18.8. The standard InChI is InChI=1S/C29H32FN5O4/c30-20-3-1-4-21(13-20)33-15-19(14-31)16-34-10-8-29(9-11-34)18-39-26-23-17-35(25(27(32)37)5-2-12-36)28(38)22(23)6-7-24(26)29/h1,3-4,6-7,12-15,25H,2,5,8-11,16-18,31H2,(H2,32,37)/b19-14+,33-15?. The van der Waals surface area contributed by atoms with Gasteiger partial charge in [0.25, 0.3) is 5.91 Å². The molecule has 3 aliphatic rings. The lowest BCUT2D eigenvalue weighted by Crippen LogP contribution is -2.44. The Labute approximate surface area is 226 Å². The van der Waals surface area contributed by atoms with E-state index in [1.165, 1.54) is 23.2 Å². The molecule has 1 saturated heterocycles. The van der Waals surface area contributed by atoms with Crippen molar-refractivity contribution in [1.29, 1.82) is 0 Å². The van der Waals surface area contributed by atoms with Crippen molar-refractivity contribution in [3.05, 3.63) is 70.7 Å². The molecule has 2 aromatic rings. The summed E-state index contributed by atoms with van der Waals surface area (Å²) in [5.41, 5.74) is 15.1. The number of fused-ring (bicyclic) bond motifs is 4. The van der Waals surface area contributed by atoms with Crippen molar-refractivity contribution in [3.8, 4) is 5.75 Å². The highest BCUT2D eigenvalue weighted by molar-refractivity contribution is 6.02. The summed E-state index contributed by atoms with van der Waals surface area (Å²) in [6.07, 6.45) is 6.03. The van der Waals surface area contributed by atoms with Crippen LogP contribution in [0.1, 0.15) is 47.2 Å². The minimum Gasteiger partial charge on any atom is -0.492 e. The summed E-state index contributed by atoms with van der Waals surface area (Å²) in [4.78, 5) is 44.2. The van der Waals surface area contributed by atoms with Gasteiger partial charge >= 0.3 is 0 Å². The van der Waals surface area contributed by atoms with E-state index in [-0.39, 0.29) is 36.5 Å². The number of rotatable bonds is 9. The SMILES string of the molecule is N/C=C(\C=Nc1cccc(F)c1)CN1CCC2(CC1)COc1c2ccc2c1CN(C(CCC=O)C(N)=O)C2=O. The fraction of sp³-hybridized carbons (Fsp3) is 0.379. The van der Waals surface area contributed by atoms with E-state index in [4.69, 9.17) is 16.2 Å². The van der Waals surface area contributed by atoms with E-state index in [0.717, 1.165) is 54.7 Å². The quantitative estimate of drug-likeness (QED) is 0.376. The zero-order valence-corrected chi connectivity index (χ0v) is 21.6. The van der Waals surface area contributed by atoms with Gasteiger partial charge < -0.3 is 25.9 Å². The average molecular weight is 534 g/mol. The first-order valence-corrected chi connectivity index (χ1v) is 13.1. The van der Waals surface area contributed by atoms with Gasteiger partial charge in [0.1, 0.15) is 23.9 Å². The molecule has 2 aromatic carbocycles. The lowest BCUT2D eigenvalue weighted by molar-refractivity contribution is -0.122. The van der Waals surface area contributed by atoms with E-state index in [9.17, 15) is 18.8 Å². The van der Waals surface area contributed by atoms with E-state index in [2.05, 4.69) is 9.89 Å². The molecular formula is C29H32FN5O4. The number of ether oxygens (including phenoxy) is 1. The van der Waals surface area contributed by atoms with Gasteiger partial charge in [0.05, 0.1) is 18.8 Å². The smallest absolute Gasteiger partial charge is 0.255 e. The van der Waals surface area contributed by atoms with Crippen LogP contribution in [0.25, 0.3) is 0 Å². The summed E-state index contributed by atoms with van der Waals surface area (Å²) in [6.45, 7) is 3.05. The lowest BCUT2D eigenvalue weighted by Gasteiger charge is -2.38. The number of carbonyl (C=O) groups is 3. The van der Waals surface area contributed by atoms with Crippen LogP contribution in [-0.4, -0.2) is 66.4 Å². The van der Waals surface area contributed by atoms with E-state index in [0.29, 0.717) is 24.4 Å². The second-order valence-corrected chi connectivity index (χ2v) is 10.4. The van der Waals surface area contributed by atoms with Gasteiger partial charge in [-0.05, 0) is 68.4 Å². The van der Waals surface area contributed by atoms with Crippen molar-refractivity contribution < 1.29 is 23.5 Å². The molecular weight excluding hydrogens is 501 g/mol. The van der Waals surface area contributed by atoms with Gasteiger partial charge in [-0.2, -0.15) is 0 Å². The number of carbonyl (C=O) groups excluding carboxylic acids is 3. The largest absolute Gasteiger partial charge is 0.492 e. The second-order valence-electron chi connectivity index (χ2n) is 10.4. The maximum Gasteiger partial charge on any atom is 0.255 e. The number of aldehydes is 1. The van der Waals surface area contributed by atoms with E-state index in [1.807, 2.05) is 12.1 Å². The molecule has 4 N–H and O–H groups in total. The van der Waals surface area contributed by atoms with Crippen LogP contribution in [0.15, 0.2) is 53.2 Å². The van der Waals surface area contributed by atoms with Crippen LogP contribution in [-0.2, 0) is 21.5 Å². The molecule has 0 saturated carbocycles. The Hall–Kier alpha value is -4.05. The van der Waals surface area contributed by atoms with E-state index in [1.54, 1.807) is 18.3 Å². The summed E-state index contributed by atoms with van der Waals surface area (Å²) < 4.78 is 19.7. The maximum atomic E-state index is 13.4. The monoisotopic (exact) mass is 533 g/mol. The molecule has 1 spiro atoms. The summed E-state index contributed by atoms with van der Waals surface area (Å²) in [5.74, 6) is -0.481. The van der Waals surface area contributed by atoms with Crippen molar-refractivity contribution in [2.75, 3.05) is 26.2 Å². The molecule has 2 amide bonds. The molecule has 3 heterocycles. The third kappa shape index (κ3) is 5.16. The maximum absolute atomic E-state index is 13.4. The van der Waals surface area contributed by atoms with Crippen molar-refractivity contribution in [3.63, 3.8) is 0 Å². The van der Waals surface area contributed by atoms with Gasteiger partial charge in [0.15, 0.2) is 0 Å². The van der Waals surface area contributed by atoms with Gasteiger partial charge in [-0.1, -0.05) is 12.1 Å². The van der Waals surface area contributed by atoms with Crippen molar-refractivity contribution in [2.45, 2.75) is 43.7 Å². The Morgan fingerprint density at radius 2 is 2.03 bits per heavy atom. The van der Waals surface area contributed by atoms with Crippen LogP contribution < -0.4 is 16.2 Å². The minimum absolute atomic E-state index is 0.152. The Balaban J connectivity index is 1.26.